The highest BCUT2D eigenvalue weighted by Gasteiger charge is 2.41. The summed E-state index contributed by atoms with van der Waals surface area (Å²) >= 11 is 0. The molecule has 29 heavy (non-hydrogen) atoms. The van der Waals surface area contributed by atoms with Crippen molar-refractivity contribution in [2.24, 2.45) is 5.92 Å². The molecule has 148 valence electrons. The van der Waals surface area contributed by atoms with Crippen molar-refractivity contribution in [3.63, 3.8) is 0 Å². The molecule has 7 heteroatoms. The Morgan fingerprint density at radius 3 is 2.66 bits per heavy atom. The number of anilines is 1. The molecule has 2 fully saturated rings. The summed E-state index contributed by atoms with van der Waals surface area (Å²) in [4.78, 5) is 36.6. The first-order valence-electron chi connectivity index (χ1n) is 9.79. The largest absolute Gasteiger partial charge is 0.342 e. The van der Waals surface area contributed by atoms with Crippen molar-refractivity contribution in [1.29, 1.82) is 0 Å². The molecule has 0 spiro atoms. The molecule has 3 heterocycles. The number of likely N-dealkylation sites (tertiary alicyclic amines) is 1. The highest BCUT2D eigenvalue weighted by molar-refractivity contribution is 6.00. The average Bonchev–Trinajstić information content (AvgIpc) is 3.24. The third-order valence-corrected chi connectivity index (χ3v) is 5.85. The zero-order valence-corrected chi connectivity index (χ0v) is 16.1. The predicted octanol–water partition coefficient (Wildman–Crippen LogP) is 2.99. The van der Waals surface area contributed by atoms with Gasteiger partial charge in [0, 0.05) is 31.7 Å². The predicted molar refractivity (Wildman–Crippen MR) is 107 cm³/mol. The van der Waals surface area contributed by atoms with Gasteiger partial charge >= 0.3 is 0 Å². The lowest BCUT2D eigenvalue weighted by Gasteiger charge is -2.39. The maximum absolute atomic E-state index is 13.1. The number of carbonyl (C=O) groups excluding carboxylic acids is 2. The summed E-state index contributed by atoms with van der Waals surface area (Å²) in [7, 11) is 0. The number of nitrogens with zero attached hydrogens (tertiary/aromatic N) is 3. The number of hydrogen-bond acceptors (Lipinski definition) is 3. The molecule has 5 rings (SSSR count). The molecule has 0 aliphatic carbocycles. The van der Waals surface area contributed by atoms with Gasteiger partial charge in [-0.05, 0) is 48.9 Å². The molecule has 0 radical (unpaired) electrons. The second-order valence-electron chi connectivity index (χ2n) is 7.96. The number of aryl methyl sites for hydroxylation is 1. The van der Waals surface area contributed by atoms with Crippen LogP contribution >= 0.6 is 0 Å². The lowest BCUT2D eigenvalue weighted by Crippen LogP contribution is -2.51. The number of hydrogen-bond donors (Lipinski definition) is 1. The molecule has 6 nitrogen and oxygen atoms in total. The number of halogens is 1. The molecule has 2 aromatic carbocycles. The summed E-state index contributed by atoms with van der Waals surface area (Å²) in [6, 6.07) is 11.9. The van der Waals surface area contributed by atoms with E-state index in [1.165, 1.54) is 17.7 Å². The monoisotopic (exact) mass is 392 g/mol. The lowest BCUT2D eigenvalue weighted by molar-refractivity contribution is -0.140. The third kappa shape index (κ3) is 3.16. The van der Waals surface area contributed by atoms with Gasteiger partial charge in [-0.3, -0.25) is 9.59 Å². The number of nitrogens with one attached hydrogen (secondary N) is 1. The standard InChI is InChI=1S/C22H21FN4O2/c1-13-2-7-18-19(8-13)25-21(24-18)15-10-26(11-15)22(29)14-9-20(28)27(12-14)17-5-3-16(23)4-6-17/h2-8,14-15H,9-12H2,1H3,(H,24,25). The lowest BCUT2D eigenvalue weighted by atomic mass is 9.96. The van der Waals surface area contributed by atoms with Crippen LogP contribution in [0.2, 0.25) is 0 Å². The maximum atomic E-state index is 13.1. The van der Waals surface area contributed by atoms with Crippen molar-refractivity contribution in [2.75, 3.05) is 24.5 Å². The SMILES string of the molecule is Cc1ccc2nc(C3CN(C(=O)C4CC(=O)N(c5ccc(F)cc5)C4)C3)[nH]c2c1. The molecule has 0 saturated carbocycles. The second-order valence-corrected chi connectivity index (χ2v) is 7.96. The van der Waals surface area contributed by atoms with Crippen LogP contribution in [0.25, 0.3) is 11.0 Å². The van der Waals surface area contributed by atoms with Gasteiger partial charge in [0.2, 0.25) is 11.8 Å². The highest BCUT2D eigenvalue weighted by Crippen LogP contribution is 2.32. The maximum Gasteiger partial charge on any atom is 0.228 e. The number of imidazole rings is 1. The van der Waals surface area contributed by atoms with E-state index in [0.717, 1.165) is 16.9 Å². The van der Waals surface area contributed by atoms with Crippen molar-refractivity contribution in [3.8, 4) is 0 Å². The Hall–Kier alpha value is -3.22. The van der Waals surface area contributed by atoms with E-state index in [1.807, 2.05) is 19.1 Å². The molecule has 2 aliphatic heterocycles. The van der Waals surface area contributed by atoms with Gasteiger partial charge in [0.05, 0.1) is 22.9 Å². The fraction of sp³-hybridized carbons (Fsp3) is 0.318. The van der Waals surface area contributed by atoms with Crippen LogP contribution in [0.5, 0.6) is 0 Å². The van der Waals surface area contributed by atoms with Crippen molar-refractivity contribution in [1.82, 2.24) is 14.9 Å². The van der Waals surface area contributed by atoms with Crippen LogP contribution in [0.1, 0.15) is 23.7 Å². The Morgan fingerprint density at radius 1 is 1.14 bits per heavy atom. The summed E-state index contributed by atoms with van der Waals surface area (Å²) in [5, 5.41) is 0. The number of amides is 2. The van der Waals surface area contributed by atoms with Gasteiger partial charge < -0.3 is 14.8 Å². The van der Waals surface area contributed by atoms with E-state index >= 15 is 0 Å². The number of fused-ring (bicyclic) bond motifs is 1. The quantitative estimate of drug-likeness (QED) is 0.745. The fourth-order valence-electron chi connectivity index (χ4n) is 4.17. The van der Waals surface area contributed by atoms with E-state index in [0.29, 0.717) is 25.3 Å². The summed E-state index contributed by atoms with van der Waals surface area (Å²) in [5.41, 5.74) is 3.76. The fourth-order valence-corrected chi connectivity index (χ4v) is 4.17. The molecule has 2 aliphatic rings. The van der Waals surface area contributed by atoms with Crippen LogP contribution in [0, 0.1) is 18.7 Å². The summed E-state index contributed by atoms with van der Waals surface area (Å²) in [6.07, 6.45) is 0.196. The Balaban J connectivity index is 1.23. The number of H-pyrrole nitrogens is 1. The van der Waals surface area contributed by atoms with Crippen LogP contribution in [-0.2, 0) is 9.59 Å². The molecule has 1 atom stereocenters. The summed E-state index contributed by atoms with van der Waals surface area (Å²) in [5.74, 6) is 0.306. The van der Waals surface area contributed by atoms with Gasteiger partial charge in [-0.25, -0.2) is 9.37 Å². The molecule has 1 N–H and O–H groups in total. The van der Waals surface area contributed by atoms with Crippen LogP contribution in [0.4, 0.5) is 10.1 Å². The van der Waals surface area contributed by atoms with Crippen molar-refractivity contribution < 1.29 is 14.0 Å². The van der Waals surface area contributed by atoms with Crippen molar-refractivity contribution in [2.45, 2.75) is 19.3 Å². The first kappa shape index (κ1) is 17.8. The Labute approximate surface area is 167 Å². The molecule has 2 saturated heterocycles. The molecule has 1 unspecified atom stereocenters. The van der Waals surface area contributed by atoms with Crippen LogP contribution < -0.4 is 4.90 Å². The van der Waals surface area contributed by atoms with Gasteiger partial charge in [0.15, 0.2) is 0 Å². The van der Waals surface area contributed by atoms with E-state index < -0.39 is 0 Å². The molecule has 2 amide bonds. The summed E-state index contributed by atoms with van der Waals surface area (Å²) in [6.45, 7) is 3.61. The zero-order chi connectivity index (χ0) is 20.1. The first-order chi connectivity index (χ1) is 14.0. The number of rotatable bonds is 3. The van der Waals surface area contributed by atoms with E-state index in [9.17, 15) is 14.0 Å². The van der Waals surface area contributed by atoms with Crippen molar-refractivity contribution >= 4 is 28.5 Å². The van der Waals surface area contributed by atoms with Crippen LogP contribution in [0.3, 0.4) is 0 Å². The minimum absolute atomic E-state index is 0.00571. The van der Waals surface area contributed by atoms with E-state index in [4.69, 9.17) is 0 Å². The summed E-state index contributed by atoms with van der Waals surface area (Å²) < 4.78 is 13.1. The topological polar surface area (TPSA) is 69.3 Å². The van der Waals surface area contributed by atoms with Gasteiger partial charge in [0.1, 0.15) is 11.6 Å². The van der Waals surface area contributed by atoms with Gasteiger partial charge in [-0.2, -0.15) is 0 Å². The molecule has 1 aromatic heterocycles. The van der Waals surface area contributed by atoms with E-state index in [-0.39, 0.29) is 35.9 Å². The van der Waals surface area contributed by atoms with Crippen molar-refractivity contribution in [3.05, 3.63) is 59.7 Å². The van der Waals surface area contributed by atoms with Crippen LogP contribution in [-0.4, -0.2) is 46.3 Å². The van der Waals surface area contributed by atoms with E-state index in [1.54, 1.807) is 21.9 Å². The molecular weight excluding hydrogens is 371 g/mol. The minimum atomic E-state index is -0.355. The van der Waals surface area contributed by atoms with E-state index in [2.05, 4.69) is 16.0 Å². The van der Waals surface area contributed by atoms with Gasteiger partial charge in [0.25, 0.3) is 0 Å². The average molecular weight is 392 g/mol. The molecular formula is C22H21FN4O2. The number of aromatic nitrogens is 2. The van der Waals surface area contributed by atoms with Gasteiger partial charge in [-0.1, -0.05) is 6.07 Å². The Morgan fingerprint density at radius 2 is 1.90 bits per heavy atom. The smallest absolute Gasteiger partial charge is 0.228 e. The number of carbonyl (C=O) groups is 2. The second kappa shape index (κ2) is 6.69. The van der Waals surface area contributed by atoms with Crippen LogP contribution in [0.15, 0.2) is 42.5 Å². The number of aromatic amines is 1. The Bertz CT molecular complexity index is 1100. The number of benzene rings is 2. The third-order valence-electron chi connectivity index (χ3n) is 5.85. The Kier molecular flexibility index (Phi) is 4.12. The van der Waals surface area contributed by atoms with Gasteiger partial charge in [-0.15, -0.1) is 0 Å². The first-order valence-corrected chi connectivity index (χ1v) is 9.79. The normalized spacial score (nSPS) is 19.8. The highest BCUT2D eigenvalue weighted by atomic mass is 19.1. The molecule has 0 bridgehead atoms. The zero-order valence-electron chi connectivity index (χ0n) is 16.1. The molecule has 3 aromatic rings. The minimum Gasteiger partial charge on any atom is -0.342 e.